The molecule has 0 aliphatic carbocycles. The van der Waals surface area contributed by atoms with Crippen LogP contribution >= 0.6 is 0 Å². The molecule has 10 aromatic rings. The van der Waals surface area contributed by atoms with Crippen molar-refractivity contribution in [3.63, 3.8) is 0 Å². The van der Waals surface area contributed by atoms with Gasteiger partial charge in [0, 0.05) is 45.5 Å². The van der Waals surface area contributed by atoms with E-state index in [2.05, 4.69) is 192 Å². The first kappa shape index (κ1) is 32.2. The average molecular weight is 703 g/mol. The van der Waals surface area contributed by atoms with E-state index in [0.29, 0.717) is 5.82 Å². The molecule has 0 aliphatic heterocycles. The van der Waals surface area contributed by atoms with Crippen molar-refractivity contribution in [3.05, 3.63) is 207 Å². The number of para-hydroxylation sites is 2. The quantitative estimate of drug-likeness (QED) is 0.166. The zero-order valence-electron chi connectivity index (χ0n) is 29.9. The topological polar surface area (TPSA) is 43.6 Å². The van der Waals surface area contributed by atoms with E-state index in [4.69, 9.17) is 9.97 Å². The molecule has 3 heterocycles. The molecular weight excluding hydrogens is 669 g/mol. The van der Waals surface area contributed by atoms with Gasteiger partial charge in [-0.2, -0.15) is 0 Å². The Morgan fingerprint density at radius 1 is 0.327 bits per heavy atom. The normalized spacial score (nSPS) is 11.3. The van der Waals surface area contributed by atoms with Crippen LogP contribution in [0.3, 0.4) is 0 Å². The van der Waals surface area contributed by atoms with Gasteiger partial charge in [-0.05, 0) is 69.8 Å². The maximum Gasteiger partial charge on any atom is 0.160 e. The van der Waals surface area contributed by atoms with Crippen LogP contribution in [0.1, 0.15) is 0 Å². The molecule has 4 nitrogen and oxygen atoms in total. The Labute approximate surface area is 319 Å². The van der Waals surface area contributed by atoms with Crippen molar-refractivity contribution < 1.29 is 0 Å². The molecule has 0 amide bonds. The van der Waals surface area contributed by atoms with E-state index in [9.17, 15) is 0 Å². The van der Waals surface area contributed by atoms with Gasteiger partial charge >= 0.3 is 0 Å². The Balaban J connectivity index is 1.03. The van der Waals surface area contributed by atoms with Crippen molar-refractivity contribution in [1.29, 1.82) is 0 Å². The molecule has 0 radical (unpaired) electrons. The summed E-state index contributed by atoms with van der Waals surface area (Å²) in [5.41, 5.74) is 15.1. The monoisotopic (exact) mass is 702 g/mol. The lowest BCUT2D eigenvalue weighted by atomic mass is 9.99. The Hall–Kier alpha value is -7.43. The number of nitrogens with zero attached hydrogens (tertiary/aromatic N) is 4. The zero-order valence-corrected chi connectivity index (χ0v) is 29.9. The van der Waals surface area contributed by atoms with Gasteiger partial charge in [0.1, 0.15) is 0 Å². The van der Waals surface area contributed by atoms with Gasteiger partial charge in [-0.25, -0.2) is 9.97 Å². The van der Waals surface area contributed by atoms with Gasteiger partial charge in [0.2, 0.25) is 0 Å². The van der Waals surface area contributed by atoms with Gasteiger partial charge in [-0.15, -0.1) is 0 Å². The highest BCUT2D eigenvalue weighted by atomic mass is 15.0. The number of pyridine rings is 1. The second-order valence-corrected chi connectivity index (χ2v) is 13.7. The van der Waals surface area contributed by atoms with Gasteiger partial charge in [-0.1, -0.05) is 158 Å². The highest BCUT2D eigenvalue weighted by Crippen LogP contribution is 2.34. The van der Waals surface area contributed by atoms with Crippen molar-refractivity contribution in [2.45, 2.75) is 0 Å². The first-order chi connectivity index (χ1) is 27.2. The van der Waals surface area contributed by atoms with Gasteiger partial charge in [0.25, 0.3) is 0 Å². The van der Waals surface area contributed by atoms with Crippen LogP contribution in [0.15, 0.2) is 207 Å². The fourth-order valence-corrected chi connectivity index (χ4v) is 7.52. The van der Waals surface area contributed by atoms with Crippen LogP contribution in [0.4, 0.5) is 0 Å². The fraction of sp³-hybridized carbons (Fsp3) is 0. The lowest BCUT2D eigenvalue weighted by molar-refractivity contribution is 1.17. The number of benzene rings is 7. The highest BCUT2D eigenvalue weighted by Gasteiger charge is 2.14. The molecule has 0 spiro atoms. The fourth-order valence-electron chi connectivity index (χ4n) is 7.52. The van der Waals surface area contributed by atoms with Crippen LogP contribution in [0, 0.1) is 0 Å². The molecule has 7 aromatic carbocycles. The van der Waals surface area contributed by atoms with Crippen molar-refractivity contribution >= 4 is 21.8 Å². The van der Waals surface area contributed by atoms with Crippen LogP contribution in [0.25, 0.3) is 94.8 Å². The summed E-state index contributed by atoms with van der Waals surface area (Å²) in [6.45, 7) is 0. The van der Waals surface area contributed by atoms with Crippen LogP contribution in [-0.2, 0) is 0 Å². The van der Waals surface area contributed by atoms with E-state index in [0.717, 1.165) is 50.5 Å². The van der Waals surface area contributed by atoms with Crippen molar-refractivity contribution in [2.24, 2.45) is 0 Å². The minimum absolute atomic E-state index is 0.682. The Kier molecular flexibility index (Phi) is 8.12. The largest absolute Gasteiger partial charge is 0.309 e. The summed E-state index contributed by atoms with van der Waals surface area (Å²) in [6.07, 6.45) is 3.69. The molecular formula is C51H34N4. The predicted octanol–water partition coefficient (Wildman–Crippen LogP) is 13.0. The molecule has 0 atom stereocenters. The summed E-state index contributed by atoms with van der Waals surface area (Å²) >= 11 is 0. The summed E-state index contributed by atoms with van der Waals surface area (Å²) in [4.78, 5) is 14.6. The average Bonchev–Trinajstić information content (AvgIpc) is 3.61. The lowest BCUT2D eigenvalue weighted by Gasteiger charge is -2.12. The van der Waals surface area contributed by atoms with E-state index in [-0.39, 0.29) is 0 Å². The highest BCUT2D eigenvalue weighted by molar-refractivity contribution is 6.09. The standard InChI is InChI=1S/C51H34N4/c1-2-9-35(10-3-1)36-16-18-37(19-17-36)38-22-26-42(27-23-38)51-53-47(40-24-20-39(21-25-40)43-11-8-32-52-34-43)33-48(54-51)41-28-30-44(31-29-41)55-49-14-6-4-12-45(49)46-13-5-7-15-50(46)55/h1-34H. The summed E-state index contributed by atoms with van der Waals surface area (Å²) in [7, 11) is 0. The van der Waals surface area contributed by atoms with Gasteiger partial charge in [0.05, 0.1) is 22.4 Å². The molecule has 55 heavy (non-hydrogen) atoms. The molecule has 0 saturated heterocycles. The molecule has 258 valence electrons. The van der Waals surface area contributed by atoms with Crippen LogP contribution < -0.4 is 0 Å². The van der Waals surface area contributed by atoms with Crippen LogP contribution in [-0.4, -0.2) is 19.5 Å². The second-order valence-electron chi connectivity index (χ2n) is 13.7. The summed E-state index contributed by atoms with van der Waals surface area (Å²) < 4.78 is 2.34. The van der Waals surface area contributed by atoms with Crippen LogP contribution in [0.5, 0.6) is 0 Å². The molecule has 0 bridgehead atoms. The van der Waals surface area contributed by atoms with E-state index < -0.39 is 0 Å². The van der Waals surface area contributed by atoms with Crippen molar-refractivity contribution in [1.82, 2.24) is 19.5 Å². The maximum absolute atomic E-state index is 5.18. The van der Waals surface area contributed by atoms with Crippen molar-refractivity contribution in [2.75, 3.05) is 0 Å². The number of fused-ring (bicyclic) bond motifs is 3. The predicted molar refractivity (Wildman–Crippen MR) is 227 cm³/mol. The third-order valence-corrected chi connectivity index (χ3v) is 10.4. The lowest BCUT2D eigenvalue weighted by Crippen LogP contribution is -1.97. The number of hydrogen-bond donors (Lipinski definition) is 0. The Morgan fingerprint density at radius 2 is 0.745 bits per heavy atom. The Bertz CT molecular complexity index is 2860. The first-order valence-electron chi connectivity index (χ1n) is 18.5. The zero-order chi connectivity index (χ0) is 36.6. The molecule has 0 fully saturated rings. The molecule has 0 unspecified atom stereocenters. The van der Waals surface area contributed by atoms with Crippen LogP contribution in [0.2, 0.25) is 0 Å². The molecule has 0 N–H and O–H groups in total. The van der Waals surface area contributed by atoms with E-state index in [1.54, 1.807) is 6.20 Å². The third kappa shape index (κ3) is 6.16. The van der Waals surface area contributed by atoms with Gasteiger partial charge < -0.3 is 4.57 Å². The number of hydrogen-bond acceptors (Lipinski definition) is 3. The summed E-state index contributed by atoms with van der Waals surface area (Å²) in [5, 5.41) is 2.49. The molecule has 0 saturated carbocycles. The number of aromatic nitrogens is 4. The summed E-state index contributed by atoms with van der Waals surface area (Å²) in [5.74, 6) is 0.682. The van der Waals surface area contributed by atoms with Crippen molar-refractivity contribution in [3.8, 4) is 73.0 Å². The molecule has 4 heteroatoms. The first-order valence-corrected chi connectivity index (χ1v) is 18.5. The minimum Gasteiger partial charge on any atom is -0.309 e. The minimum atomic E-state index is 0.682. The van der Waals surface area contributed by atoms with E-state index >= 15 is 0 Å². The summed E-state index contributed by atoms with van der Waals surface area (Å²) in [6, 6.07) is 68.4. The Morgan fingerprint density at radius 3 is 1.27 bits per heavy atom. The molecule has 0 aliphatic rings. The number of rotatable bonds is 7. The maximum atomic E-state index is 5.18. The smallest absolute Gasteiger partial charge is 0.160 e. The SMILES string of the molecule is c1ccc(-c2ccc(-c3ccc(-c4nc(-c5ccc(-c6cccnc6)cc5)cc(-c5ccc(-n6c7ccccc7c7ccccc76)cc5)n4)cc3)cc2)cc1. The second kappa shape index (κ2) is 13.8. The van der Waals surface area contributed by atoms with Gasteiger partial charge in [0.15, 0.2) is 5.82 Å². The van der Waals surface area contributed by atoms with Gasteiger partial charge in [-0.3, -0.25) is 4.98 Å². The molecule has 3 aromatic heterocycles. The van der Waals surface area contributed by atoms with E-state index in [1.165, 1.54) is 38.5 Å². The third-order valence-electron chi connectivity index (χ3n) is 10.4. The molecule has 10 rings (SSSR count). The van der Waals surface area contributed by atoms with E-state index in [1.807, 2.05) is 18.3 Å².